The van der Waals surface area contributed by atoms with Crippen LogP contribution in [0.1, 0.15) is 29.2 Å². The number of likely N-dealkylation sites (N-methyl/N-ethyl adjacent to an activating group) is 1. The number of nitrogens with zero attached hydrogens (tertiary/aromatic N) is 2. The smallest absolute Gasteiger partial charge is 0.355 e. The van der Waals surface area contributed by atoms with Gasteiger partial charge in [-0.3, -0.25) is 13.9 Å². The van der Waals surface area contributed by atoms with Crippen LogP contribution >= 0.6 is 11.6 Å². The largest absolute Gasteiger partial charge is 0.417 e. The Morgan fingerprint density at radius 3 is 2.02 bits per heavy atom. The number of hydrogen-bond donors (Lipinski definition) is 1. The molecule has 4 rings (SSSR count). The van der Waals surface area contributed by atoms with Gasteiger partial charge in [-0.15, -0.1) is 0 Å². The summed E-state index contributed by atoms with van der Waals surface area (Å²) >= 11 is 5.86. The second-order valence-electron chi connectivity index (χ2n) is 10.6. The van der Waals surface area contributed by atoms with Crippen molar-refractivity contribution in [3.63, 3.8) is 0 Å². The number of amides is 2. The first-order valence-corrected chi connectivity index (χ1v) is 16.2. The van der Waals surface area contributed by atoms with E-state index in [1.54, 1.807) is 80.6 Å². The molecule has 1 N–H and O–H groups in total. The molecule has 0 radical (unpaired) electrons. The van der Waals surface area contributed by atoms with E-state index in [1.165, 1.54) is 17.0 Å². The van der Waals surface area contributed by atoms with Crippen LogP contribution in [0.5, 0.6) is 0 Å². The molecule has 46 heavy (non-hydrogen) atoms. The van der Waals surface area contributed by atoms with Crippen molar-refractivity contribution in [2.24, 2.45) is 0 Å². The van der Waals surface area contributed by atoms with Crippen LogP contribution in [0.25, 0.3) is 0 Å². The lowest BCUT2D eigenvalue weighted by Gasteiger charge is -2.34. The Kier molecular flexibility index (Phi) is 11.1. The molecule has 242 valence electrons. The minimum atomic E-state index is -4.89. The molecule has 0 aliphatic carbocycles. The van der Waals surface area contributed by atoms with Crippen molar-refractivity contribution in [2.45, 2.75) is 43.9 Å². The number of alkyl halides is 3. The SMILES string of the molecule is CCNC(=O)[C@H](Cc1ccccc1)N(Cc1ccccc1)C(=O)CN(c1ccc(Cl)c(C(F)(F)F)c1)S(=O)(=O)c1ccc(C)cc1. The number of aryl methyl sites for hydroxylation is 1. The van der Waals surface area contributed by atoms with Crippen molar-refractivity contribution in [3.05, 3.63) is 130 Å². The molecule has 1 atom stereocenters. The Morgan fingerprint density at radius 1 is 0.870 bits per heavy atom. The van der Waals surface area contributed by atoms with Crippen LogP contribution < -0.4 is 9.62 Å². The van der Waals surface area contributed by atoms with Gasteiger partial charge in [-0.25, -0.2) is 8.42 Å². The zero-order valence-corrected chi connectivity index (χ0v) is 26.7. The lowest BCUT2D eigenvalue weighted by Crippen LogP contribution is -2.53. The summed E-state index contributed by atoms with van der Waals surface area (Å²) in [5.41, 5.74) is 0.502. The van der Waals surface area contributed by atoms with E-state index >= 15 is 0 Å². The molecule has 4 aromatic rings. The van der Waals surface area contributed by atoms with Crippen LogP contribution in [-0.2, 0) is 38.8 Å². The van der Waals surface area contributed by atoms with E-state index in [0.717, 1.165) is 23.3 Å². The lowest BCUT2D eigenvalue weighted by atomic mass is 10.0. The normalized spacial score (nSPS) is 12.3. The molecule has 7 nitrogen and oxygen atoms in total. The Hall–Kier alpha value is -4.35. The third-order valence-electron chi connectivity index (χ3n) is 7.25. The molecule has 0 aliphatic heterocycles. The topological polar surface area (TPSA) is 86.8 Å². The molecule has 0 saturated heterocycles. The molecule has 0 aromatic heterocycles. The fourth-order valence-corrected chi connectivity index (χ4v) is 6.51. The Bertz CT molecular complexity index is 1750. The maximum atomic E-state index is 14.3. The van der Waals surface area contributed by atoms with E-state index in [4.69, 9.17) is 11.6 Å². The quantitative estimate of drug-likeness (QED) is 0.183. The van der Waals surface area contributed by atoms with Gasteiger partial charge in [-0.2, -0.15) is 13.2 Å². The summed E-state index contributed by atoms with van der Waals surface area (Å²) in [5, 5.41) is 2.13. The zero-order chi connectivity index (χ0) is 33.5. The second kappa shape index (κ2) is 14.8. The highest BCUT2D eigenvalue weighted by Gasteiger charge is 2.37. The van der Waals surface area contributed by atoms with Crippen LogP contribution in [-0.4, -0.2) is 44.3 Å². The number of rotatable bonds is 12. The van der Waals surface area contributed by atoms with Gasteiger partial charge < -0.3 is 10.2 Å². The number of nitrogens with one attached hydrogen (secondary N) is 1. The van der Waals surface area contributed by atoms with E-state index in [0.29, 0.717) is 15.9 Å². The standard InChI is InChI=1S/C34H33ClF3N3O4S/c1-3-39-33(43)31(20-25-10-6-4-7-11-25)40(22-26-12-8-5-9-13-26)32(42)23-41(46(44,45)28-17-14-24(2)15-18-28)27-16-19-30(35)29(21-27)34(36,37)38/h4-19,21,31H,3,20,22-23H2,1-2H3,(H,39,43)/t31-/m0/s1. The third kappa shape index (κ3) is 8.46. The molecule has 0 heterocycles. The van der Waals surface area contributed by atoms with Gasteiger partial charge in [0.1, 0.15) is 12.6 Å². The summed E-state index contributed by atoms with van der Waals surface area (Å²) in [6.07, 6.45) is -4.79. The number of sulfonamides is 1. The highest BCUT2D eigenvalue weighted by atomic mass is 35.5. The van der Waals surface area contributed by atoms with E-state index in [2.05, 4.69) is 5.32 Å². The second-order valence-corrected chi connectivity index (χ2v) is 12.9. The number of halogens is 4. The van der Waals surface area contributed by atoms with Crippen LogP contribution in [0.2, 0.25) is 5.02 Å². The predicted octanol–water partition coefficient (Wildman–Crippen LogP) is 6.64. The summed E-state index contributed by atoms with van der Waals surface area (Å²) in [6.45, 7) is 2.79. The van der Waals surface area contributed by atoms with Crippen molar-refractivity contribution in [2.75, 3.05) is 17.4 Å². The number of benzene rings is 4. The first-order chi connectivity index (χ1) is 21.8. The Labute approximate surface area is 271 Å². The van der Waals surface area contributed by atoms with Gasteiger partial charge in [0, 0.05) is 19.5 Å². The van der Waals surface area contributed by atoms with Crippen molar-refractivity contribution >= 4 is 39.1 Å². The maximum absolute atomic E-state index is 14.3. The van der Waals surface area contributed by atoms with Gasteiger partial charge in [-0.05, 0) is 55.3 Å². The summed E-state index contributed by atoms with van der Waals surface area (Å²) in [5.74, 6) is -1.26. The summed E-state index contributed by atoms with van der Waals surface area (Å²) in [4.78, 5) is 28.9. The fraction of sp³-hybridized carbons (Fsp3) is 0.235. The van der Waals surface area contributed by atoms with Crippen molar-refractivity contribution in [1.29, 1.82) is 0 Å². The number of carbonyl (C=O) groups is 2. The molecule has 2 amide bonds. The predicted molar refractivity (Wildman–Crippen MR) is 172 cm³/mol. The van der Waals surface area contributed by atoms with E-state index in [9.17, 15) is 31.2 Å². The molecule has 4 aromatic carbocycles. The zero-order valence-electron chi connectivity index (χ0n) is 25.2. The van der Waals surface area contributed by atoms with E-state index in [1.807, 2.05) is 6.07 Å². The average molecular weight is 672 g/mol. The molecule has 0 spiro atoms. The molecule has 0 unspecified atom stereocenters. The van der Waals surface area contributed by atoms with Crippen LogP contribution in [0.3, 0.4) is 0 Å². The van der Waals surface area contributed by atoms with Crippen LogP contribution in [0.15, 0.2) is 108 Å². The van der Waals surface area contributed by atoms with Gasteiger partial charge in [0.05, 0.1) is 21.2 Å². The lowest BCUT2D eigenvalue weighted by molar-refractivity contribution is -0.140. The van der Waals surface area contributed by atoms with Crippen LogP contribution in [0.4, 0.5) is 18.9 Å². The van der Waals surface area contributed by atoms with Gasteiger partial charge in [0.25, 0.3) is 10.0 Å². The Balaban J connectivity index is 1.84. The highest BCUT2D eigenvalue weighted by Crippen LogP contribution is 2.38. The van der Waals surface area contributed by atoms with Crippen LogP contribution in [0, 0.1) is 6.92 Å². The third-order valence-corrected chi connectivity index (χ3v) is 9.37. The maximum Gasteiger partial charge on any atom is 0.417 e. The van der Waals surface area contributed by atoms with Crippen molar-refractivity contribution in [3.8, 4) is 0 Å². The first-order valence-electron chi connectivity index (χ1n) is 14.4. The van der Waals surface area contributed by atoms with E-state index < -0.39 is 56.9 Å². The Morgan fingerprint density at radius 2 is 1.46 bits per heavy atom. The monoisotopic (exact) mass is 671 g/mol. The minimum absolute atomic E-state index is 0.0683. The molecule has 0 saturated carbocycles. The van der Waals surface area contributed by atoms with Crippen molar-refractivity contribution < 1.29 is 31.2 Å². The summed E-state index contributed by atoms with van der Waals surface area (Å²) in [6, 6.07) is 25.1. The fourth-order valence-electron chi connectivity index (χ4n) is 4.88. The molecule has 0 fully saturated rings. The number of anilines is 1. The first kappa shape index (κ1) is 34.5. The molecular formula is C34H33ClF3N3O4S. The average Bonchev–Trinajstić information content (AvgIpc) is 3.02. The molecule has 0 aliphatic rings. The van der Waals surface area contributed by atoms with Gasteiger partial charge in [0.2, 0.25) is 11.8 Å². The van der Waals surface area contributed by atoms with Gasteiger partial charge >= 0.3 is 6.18 Å². The number of hydrogen-bond acceptors (Lipinski definition) is 4. The highest BCUT2D eigenvalue weighted by molar-refractivity contribution is 7.92. The van der Waals surface area contributed by atoms with E-state index in [-0.39, 0.29) is 24.4 Å². The van der Waals surface area contributed by atoms with Crippen molar-refractivity contribution in [1.82, 2.24) is 10.2 Å². The van der Waals surface area contributed by atoms with Gasteiger partial charge in [0.15, 0.2) is 0 Å². The van der Waals surface area contributed by atoms with Gasteiger partial charge in [-0.1, -0.05) is 90.0 Å². The summed E-state index contributed by atoms with van der Waals surface area (Å²) in [7, 11) is -4.59. The molecule has 0 bridgehead atoms. The molecule has 12 heteroatoms. The number of carbonyl (C=O) groups excluding carboxylic acids is 2. The summed E-state index contributed by atoms with van der Waals surface area (Å²) < 4.78 is 70.4. The minimum Gasteiger partial charge on any atom is -0.355 e. The molecular weight excluding hydrogens is 639 g/mol.